The molecule has 1 saturated heterocycles. The van der Waals surface area contributed by atoms with Crippen molar-refractivity contribution in [1.29, 1.82) is 0 Å². The van der Waals surface area contributed by atoms with Gasteiger partial charge in [0.2, 0.25) is 5.75 Å². The molecule has 184 valence electrons. The zero-order chi connectivity index (χ0) is 23.8. The molecular formula is C28H38N2O4. The van der Waals surface area contributed by atoms with E-state index in [9.17, 15) is 4.79 Å². The van der Waals surface area contributed by atoms with Crippen molar-refractivity contribution in [2.75, 3.05) is 33.9 Å². The van der Waals surface area contributed by atoms with Crippen molar-refractivity contribution in [3.05, 3.63) is 53.6 Å². The normalized spacial score (nSPS) is 17.8. The number of nitrogens with one attached hydrogen (secondary N) is 1. The smallest absolute Gasteiger partial charge is 0.251 e. The number of piperidine rings is 1. The van der Waals surface area contributed by atoms with Crippen LogP contribution >= 0.6 is 0 Å². The predicted molar refractivity (Wildman–Crippen MR) is 134 cm³/mol. The van der Waals surface area contributed by atoms with Crippen LogP contribution in [-0.2, 0) is 6.61 Å². The lowest BCUT2D eigenvalue weighted by molar-refractivity contribution is 0.0900. The number of rotatable bonds is 9. The average molecular weight is 467 g/mol. The summed E-state index contributed by atoms with van der Waals surface area (Å²) in [6.45, 7) is 3.72. The van der Waals surface area contributed by atoms with Gasteiger partial charge in [-0.2, -0.15) is 0 Å². The maximum absolute atomic E-state index is 13.1. The van der Waals surface area contributed by atoms with Crippen LogP contribution in [0.2, 0.25) is 0 Å². The van der Waals surface area contributed by atoms with Gasteiger partial charge in [-0.25, -0.2) is 0 Å². The second kappa shape index (κ2) is 12.1. The molecule has 0 radical (unpaired) electrons. The number of carbonyl (C=O) groups excluding carboxylic acids is 1. The topological polar surface area (TPSA) is 60.0 Å². The second-order valence-corrected chi connectivity index (χ2v) is 9.54. The number of benzene rings is 2. The van der Waals surface area contributed by atoms with E-state index in [1.54, 1.807) is 26.4 Å². The van der Waals surface area contributed by atoms with Gasteiger partial charge in [0.1, 0.15) is 6.61 Å². The van der Waals surface area contributed by atoms with Gasteiger partial charge in [-0.3, -0.25) is 4.79 Å². The Morgan fingerprint density at radius 2 is 1.59 bits per heavy atom. The van der Waals surface area contributed by atoms with Crippen LogP contribution in [0.5, 0.6) is 17.2 Å². The molecule has 6 nitrogen and oxygen atoms in total. The maximum Gasteiger partial charge on any atom is 0.251 e. The summed E-state index contributed by atoms with van der Waals surface area (Å²) < 4.78 is 17.1. The van der Waals surface area contributed by atoms with Gasteiger partial charge in [-0.1, -0.05) is 49.6 Å². The van der Waals surface area contributed by atoms with Gasteiger partial charge < -0.3 is 24.4 Å². The van der Waals surface area contributed by atoms with Crippen LogP contribution in [0.3, 0.4) is 0 Å². The molecule has 1 amide bonds. The number of ether oxygens (including phenoxy) is 3. The van der Waals surface area contributed by atoms with Gasteiger partial charge in [0.25, 0.3) is 5.91 Å². The quantitative estimate of drug-likeness (QED) is 0.560. The Bertz CT molecular complexity index is 894. The highest BCUT2D eigenvalue weighted by Gasteiger charge is 2.25. The Kier molecular flexibility index (Phi) is 8.69. The highest BCUT2D eigenvalue weighted by Crippen LogP contribution is 2.39. The highest BCUT2D eigenvalue weighted by molar-refractivity contribution is 5.95. The minimum Gasteiger partial charge on any atom is -0.493 e. The predicted octanol–water partition coefficient (Wildman–Crippen LogP) is 5.06. The molecular weight excluding hydrogens is 428 g/mol. The third kappa shape index (κ3) is 6.44. The molecule has 2 aromatic carbocycles. The van der Waals surface area contributed by atoms with Gasteiger partial charge in [-0.15, -0.1) is 0 Å². The molecule has 6 heteroatoms. The summed E-state index contributed by atoms with van der Waals surface area (Å²) in [6, 6.07) is 13.6. The van der Waals surface area contributed by atoms with Crippen molar-refractivity contribution >= 4 is 5.91 Å². The molecule has 1 saturated carbocycles. The lowest BCUT2D eigenvalue weighted by Gasteiger charge is -2.35. The van der Waals surface area contributed by atoms with E-state index in [2.05, 4.69) is 10.2 Å². The monoisotopic (exact) mass is 466 g/mol. The van der Waals surface area contributed by atoms with Crippen LogP contribution in [0.25, 0.3) is 0 Å². The lowest BCUT2D eigenvalue weighted by atomic mass is 9.88. The Balaban J connectivity index is 1.34. The second-order valence-electron chi connectivity index (χ2n) is 9.54. The summed E-state index contributed by atoms with van der Waals surface area (Å²) in [7, 11) is 3.15. The SMILES string of the molecule is COc1cc(C(=O)NC2CCN(CC3CCCCC3)CC2)cc(OC)c1OCc1ccccc1. The summed E-state index contributed by atoms with van der Waals surface area (Å²) in [4.78, 5) is 15.6. The molecule has 2 fully saturated rings. The van der Waals surface area contributed by atoms with Crippen LogP contribution in [0.15, 0.2) is 42.5 Å². The molecule has 2 aliphatic rings. The Hall–Kier alpha value is -2.73. The van der Waals surface area contributed by atoms with Gasteiger partial charge in [0.05, 0.1) is 14.2 Å². The number of methoxy groups -OCH3 is 2. The van der Waals surface area contributed by atoms with Crippen molar-refractivity contribution in [2.45, 2.75) is 57.6 Å². The molecule has 1 aliphatic carbocycles. The molecule has 0 aromatic heterocycles. The average Bonchev–Trinajstić information content (AvgIpc) is 2.89. The lowest BCUT2D eigenvalue weighted by Crippen LogP contribution is -2.46. The van der Waals surface area contributed by atoms with Crippen LogP contribution in [0, 0.1) is 5.92 Å². The van der Waals surface area contributed by atoms with E-state index in [0.29, 0.717) is 29.4 Å². The largest absolute Gasteiger partial charge is 0.493 e. The number of likely N-dealkylation sites (tertiary alicyclic amines) is 1. The van der Waals surface area contributed by atoms with E-state index < -0.39 is 0 Å². The van der Waals surface area contributed by atoms with Crippen LogP contribution in [-0.4, -0.2) is 50.7 Å². The van der Waals surface area contributed by atoms with E-state index in [1.165, 1.54) is 38.6 Å². The first-order valence-electron chi connectivity index (χ1n) is 12.6. The molecule has 0 spiro atoms. The van der Waals surface area contributed by atoms with E-state index in [1.807, 2.05) is 30.3 Å². The number of amides is 1. The summed E-state index contributed by atoms with van der Waals surface area (Å²) in [5.74, 6) is 2.24. The molecule has 0 unspecified atom stereocenters. The molecule has 1 N–H and O–H groups in total. The van der Waals surface area contributed by atoms with Gasteiger partial charge in [0.15, 0.2) is 11.5 Å². The minimum atomic E-state index is -0.100. The van der Waals surface area contributed by atoms with Crippen molar-refractivity contribution in [3.8, 4) is 17.2 Å². The molecule has 34 heavy (non-hydrogen) atoms. The molecule has 0 bridgehead atoms. The van der Waals surface area contributed by atoms with Gasteiger partial charge in [0, 0.05) is 31.2 Å². The first-order chi connectivity index (χ1) is 16.7. The first kappa shape index (κ1) is 24.4. The van der Waals surface area contributed by atoms with Gasteiger partial charge >= 0.3 is 0 Å². The molecule has 1 heterocycles. The number of hydrogen-bond acceptors (Lipinski definition) is 5. The summed E-state index contributed by atoms with van der Waals surface area (Å²) in [5, 5.41) is 3.22. The summed E-state index contributed by atoms with van der Waals surface area (Å²) in [5.41, 5.74) is 1.56. The van der Waals surface area contributed by atoms with Crippen LogP contribution in [0.1, 0.15) is 60.9 Å². The zero-order valence-electron chi connectivity index (χ0n) is 20.6. The van der Waals surface area contributed by atoms with Crippen molar-refractivity contribution in [3.63, 3.8) is 0 Å². The Morgan fingerprint density at radius 3 is 2.21 bits per heavy atom. The summed E-state index contributed by atoms with van der Waals surface area (Å²) in [6.07, 6.45) is 8.92. The first-order valence-corrected chi connectivity index (χ1v) is 12.6. The van der Waals surface area contributed by atoms with E-state index >= 15 is 0 Å². The van der Waals surface area contributed by atoms with Crippen molar-refractivity contribution in [2.24, 2.45) is 5.92 Å². The third-order valence-electron chi connectivity index (χ3n) is 7.11. The van der Waals surface area contributed by atoms with Gasteiger partial charge in [-0.05, 0) is 49.3 Å². The van der Waals surface area contributed by atoms with E-state index in [-0.39, 0.29) is 11.9 Å². The Labute approximate surface area is 203 Å². The maximum atomic E-state index is 13.1. The number of carbonyl (C=O) groups is 1. The fourth-order valence-electron chi connectivity index (χ4n) is 5.15. The summed E-state index contributed by atoms with van der Waals surface area (Å²) >= 11 is 0. The van der Waals surface area contributed by atoms with Crippen LogP contribution in [0.4, 0.5) is 0 Å². The molecule has 1 aliphatic heterocycles. The Morgan fingerprint density at radius 1 is 0.941 bits per heavy atom. The number of hydrogen-bond donors (Lipinski definition) is 1. The molecule has 2 aromatic rings. The fraction of sp³-hybridized carbons (Fsp3) is 0.536. The highest BCUT2D eigenvalue weighted by atomic mass is 16.5. The molecule has 0 atom stereocenters. The van der Waals surface area contributed by atoms with E-state index in [4.69, 9.17) is 14.2 Å². The van der Waals surface area contributed by atoms with Crippen LogP contribution < -0.4 is 19.5 Å². The zero-order valence-corrected chi connectivity index (χ0v) is 20.6. The van der Waals surface area contributed by atoms with Crippen molar-refractivity contribution < 1.29 is 19.0 Å². The third-order valence-corrected chi connectivity index (χ3v) is 7.11. The fourth-order valence-corrected chi connectivity index (χ4v) is 5.15. The van der Waals surface area contributed by atoms with Crippen molar-refractivity contribution in [1.82, 2.24) is 10.2 Å². The minimum absolute atomic E-state index is 0.100. The van der Waals surface area contributed by atoms with E-state index in [0.717, 1.165) is 37.4 Å². The number of nitrogens with zero attached hydrogens (tertiary/aromatic N) is 1. The molecule has 4 rings (SSSR count). The standard InChI is InChI=1S/C28H38N2O4/c1-32-25-17-23(18-26(33-2)27(25)34-20-22-11-7-4-8-12-22)28(31)29-24-13-15-30(16-14-24)19-21-9-5-3-6-10-21/h4,7-8,11-12,17-18,21,24H,3,5-6,9-10,13-16,19-20H2,1-2H3,(H,29,31).